The number of rotatable bonds is 9. The molecule has 9 heteroatoms. The number of likely N-dealkylation sites (tertiary alicyclic amines) is 1. The number of carbonyl (C=O) groups excluding carboxylic acids is 2. The van der Waals surface area contributed by atoms with Gasteiger partial charge in [0.05, 0.1) is 17.1 Å². The molecule has 1 aliphatic heterocycles. The zero-order valence-corrected chi connectivity index (χ0v) is 13.4. The number of unbranched alkanes of at least 4 members (excludes halogenated alkanes) is 1. The Balaban J connectivity index is 1.80. The topological polar surface area (TPSA) is 127 Å². The number of nitro groups is 1. The largest absolute Gasteiger partial charge is 0.494 e. The van der Waals surface area contributed by atoms with Crippen LogP contribution in [0.25, 0.3) is 0 Å². The molecule has 25 heavy (non-hydrogen) atoms. The van der Waals surface area contributed by atoms with E-state index in [2.05, 4.69) is 0 Å². The zero-order valence-electron chi connectivity index (χ0n) is 13.4. The van der Waals surface area contributed by atoms with E-state index in [0.717, 1.165) is 0 Å². The first-order valence-electron chi connectivity index (χ1n) is 7.82. The summed E-state index contributed by atoms with van der Waals surface area (Å²) in [5, 5.41) is 19.8. The number of carboxylic acids is 1. The summed E-state index contributed by atoms with van der Waals surface area (Å²) in [4.78, 5) is 45.1. The van der Waals surface area contributed by atoms with Crippen LogP contribution in [-0.4, -0.2) is 52.3 Å². The smallest absolute Gasteiger partial charge is 0.326 e. The predicted octanol–water partition coefficient (Wildman–Crippen LogP) is 1.64. The molecule has 0 aliphatic carbocycles. The second-order valence-electron chi connectivity index (χ2n) is 5.63. The van der Waals surface area contributed by atoms with Crippen molar-refractivity contribution in [1.82, 2.24) is 4.90 Å². The summed E-state index contributed by atoms with van der Waals surface area (Å²) in [6.07, 6.45) is 2.13. The molecule has 2 rings (SSSR count). The first kappa shape index (κ1) is 18.4. The van der Waals surface area contributed by atoms with E-state index in [1.807, 2.05) is 0 Å². The molecule has 1 heterocycles. The zero-order chi connectivity index (χ0) is 18.4. The molecule has 0 spiro atoms. The van der Waals surface area contributed by atoms with Gasteiger partial charge >= 0.3 is 5.97 Å². The molecule has 1 atom stereocenters. The van der Waals surface area contributed by atoms with Gasteiger partial charge in [0.15, 0.2) is 6.29 Å². The van der Waals surface area contributed by atoms with Gasteiger partial charge in [0.2, 0.25) is 5.91 Å². The van der Waals surface area contributed by atoms with Crippen molar-refractivity contribution in [2.45, 2.75) is 31.7 Å². The molecule has 0 saturated carbocycles. The minimum Gasteiger partial charge on any atom is -0.494 e. The molecule has 1 N–H and O–H groups in total. The summed E-state index contributed by atoms with van der Waals surface area (Å²) in [7, 11) is 0. The van der Waals surface area contributed by atoms with E-state index in [0.29, 0.717) is 37.8 Å². The van der Waals surface area contributed by atoms with E-state index < -0.39 is 16.9 Å². The molecule has 0 bridgehead atoms. The third kappa shape index (κ3) is 4.52. The summed E-state index contributed by atoms with van der Waals surface area (Å²) in [5.74, 6) is -0.804. The van der Waals surface area contributed by atoms with E-state index in [1.54, 1.807) is 0 Å². The molecule has 0 aromatic heterocycles. The second-order valence-corrected chi connectivity index (χ2v) is 5.63. The van der Waals surface area contributed by atoms with Crippen LogP contribution in [-0.2, 0) is 9.59 Å². The number of hydrogen-bond acceptors (Lipinski definition) is 6. The van der Waals surface area contributed by atoms with Gasteiger partial charge in [-0.3, -0.25) is 19.7 Å². The Bertz CT molecular complexity index is 689. The SMILES string of the molecule is O=Cc1cc(OCCCCN2C(=O)CC[C@H]2C(=O)O)ccc1[N+](=O)[O-]. The first-order valence-corrected chi connectivity index (χ1v) is 7.82. The number of benzene rings is 1. The highest BCUT2D eigenvalue weighted by atomic mass is 16.6. The molecule has 1 saturated heterocycles. The van der Waals surface area contributed by atoms with Gasteiger partial charge in [-0.15, -0.1) is 0 Å². The van der Waals surface area contributed by atoms with Crippen molar-refractivity contribution in [3.8, 4) is 5.75 Å². The van der Waals surface area contributed by atoms with Crippen LogP contribution in [0.4, 0.5) is 5.69 Å². The number of carboxylic acid groups (broad SMARTS) is 1. The number of aldehydes is 1. The lowest BCUT2D eigenvalue weighted by atomic mass is 10.2. The summed E-state index contributed by atoms with van der Waals surface area (Å²) in [6, 6.07) is 3.17. The first-order chi connectivity index (χ1) is 11.9. The molecule has 1 aliphatic rings. The van der Waals surface area contributed by atoms with E-state index in [4.69, 9.17) is 9.84 Å². The molecule has 1 aromatic carbocycles. The molecule has 134 valence electrons. The number of aliphatic carboxylic acids is 1. The minimum absolute atomic E-state index is 0.0607. The maximum atomic E-state index is 11.7. The Morgan fingerprint density at radius 3 is 2.84 bits per heavy atom. The number of nitro benzene ring substituents is 1. The number of nitrogens with zero attached hydrogens (tertiary/aromatic N) is 2. The van der Waals surface area contributed by atoms with Crippen LogP contribution in [0, 0.1) is 10.1 Å². The maximum absolute atomic E-state index is 11.7. The third-order valence-electron chi connectivity index (χ3n) is 4.00. The number of amides is 1. The summed E-state index contributed by atoms with van der Waals surface area (Å²) < 4.78 is 5.45. The van der Waals surface area contributed by atoms with E-state index in [-0.39, 0.29) is 30.2 Å². The van der Waals surface area contributed by atoms with Gasteiger partial charge < -0.3 is 14.7 Å². The average Bonchev–Trinajstić information content (AvgIpc) is 2.95. The summed E-state index contributed by atoms with van der Waals surface area (Å²) >= 11 is 0. The van der Waals surface area contributed by atoms with Crippen molar-refractivity contribution in [3.63, 3.8) is 0 Å². The highest BCUT2D eigenvalue weighted by Crippen LogP contribution is 2.23. The number of hydrogen-bond donors (Lipinski definition) is 1. The molecule has 0 radical (unpaired) electrons. The molecule has 1 amide bonds. The van der Waals surface area contributed by atoms with Gasteiger partial charge in [-0.25, -0.2) is 4.79 Å². The lowest BCUT2D eigenvalue weighted by Crippen LogP contribution is -2.39. The molecular weight excluding hydrogens is 332 g/mol. The average molecular weight is 350 g/mol. The van der Waals surface area contributed by atoms with Crippen molar-refractivity contribution in [2.75, 3.05) is 13.2 Å². The van der Waals surface area contributed by atoms with Gasteiger partial charge in [-0.05, 0) is 31.4 Å². The van der Waals surface area contributed by atoms with Crippen molar-refractivity contribution in [3.05, 3.63) is 33.9 Å². The molecule has 1 fully saturated rings. The van der Waals surface area contributed by atoms with Crippen LogP contribution in [0.5, 0.6) is 5.75 Å². The third-order valence-corrected chi connectivity index (χ3v) is 4.00. The van der Waals surface area contributed by atoms with Crippen LogP contribution in [0.2, 0.25) is 0 Å². The van der Waals surface area contributed by atoms with Gasteiger partial charge in [-0.1, -0.05) is 0 Å². The molecule has 0 unspecified atom stereocenters. The lowest BCUT2D eigenvalue weighted by Gasteiger charge is -2.21. The van der Waals surface area contributed by atoms with Crippen molar-refractivity contribution in [1.29, 1.82) is 0 Å². The molecular formula is C16H18N2O7. The Morgan fingerprint density at radius 2 is 2.20 bits per heavy atom. The Kier molecular flexibility index (Phi) is 6.04. The van der Waals surface area contributed by atoms with Crippen LogP contribution < -0.4 is 4.74 Å². The van der Waals surface area contributed by atoms with Crippen molar-refractivity contribution >= 4 is 23.9 Å². The predicted molar refractivity (Wildman–Crippen MR) is 85.6 cm³/mol. The Hall–Kier alpha value is -2.97. The van der Waals surface area contributed by atoms with Gasteiger partial charge in [0.25, 0.3) is 5.69 Å². The van der Waals surface area contributed by atoms with E-state index in [9.17, 15) is 24.5 Å². The molecule has 9 nitrogen and oxygen atoms in total. The quantitative estimate of drug-likeness (QED) is 0.310. The molecule has 1 aromatic rings. The fourth-order valence-corrected chi connectivity index (χ4v) is 2.73. The summed E-state index contributed by atoms with van der Waals surface area (Å²) in [5.41, 5.74) is -0.343. The highest BCUT2D eigenvalue weighted by Gasteiger charge is 2.35. The van der Waals surface area contributed by atoms with Crippen LogP contribution in [0.1, 0.15) is 36.0 Å². The van der Waals surface area contributed by atoms with Gasteiger partial charge in [0, 0.05) is 19.0 Å². The highest BCUT2D eigenvalue weighted by molar-refractivity contribution is 5.87. The van der Waals surface area contributed by atoms with E-state index >= 15 is 0 Å². The second kappa shape index (κ2) is 8.22. The van der Waals surface area contributed by atoms with Crippen LogP contribution in [0.15, 0.2) is 18.2 Å². The van der Waals surface area contributed by atoms with E-state index in [1.165, 1.54) is 23.1 Å². The number of ether oxygens (including phenoxy) is 1. The van der Waals surface area contributed by atoms with Gasteiger partial charge in [0.1, 0.15) is 11.8 Å². The Morgan fingerprint density at radius 1 is 1.44 bits per heavy atom. The minimum atomic E-state index is -0.991. The summed E-state index contributed by atoms with van der Waals surface area (Å²) in [6.45, 7) is 0.634. The Labute approximate surface area is 143 Å². The van der Waals surface area contributed by atoms with Gasteiger partial charge in [-0.2, -0.15) is 0 Å². The number of carbonyl (C=O) groups is 3. The lowest BCUT2D eigenvalue weighted by molar-refractivity contribution is -0.385. The maximum Gasteiger partial charge on any atom is 0.326 e. The van der Waals surface area contributed by atoms with Crippen LogP contribution >= 0.6 is 0 Å². The van der Waals surface area contributed by atoms with Crippen LogP contribution in [0.3, 0.4) is 0 Å². The van der Waals surface area contributed by atoms with Crippen molar-refractivity contribution < 1.29 is 29.2 Å². The fourth-order valence-electron chi connectivity index (χ4n) is 2.73. The normalized spacial score (nSPS) is 16.7. The van der Waals surface area contributed by atoms with Crippen molar-refractivity contribution in [2.24, 2.45) is 0 Å². The monoisotopic (exact) mass is 350 g/mol. The standard InChI is InChI=1S/C16H18N2O7/c19-10-11-9-12(3-4-13(11)18(23)24)25-8-2-1-7-17-14(16(21)22)5-6-15(17)20/h3-4,9-10,14H,1-2,5-8H2,(H,21,22)/t14-/m0/s1. The fraction of sp³-hybridized carbons (Fsp3) is 0.438.